The van der Waals surface area contributed by atoms with Gasteiger partial charge in [-0.25, -0.2) is 0 Å². The number of halogens is 3. The third-order valence-corrected chi connectivity index (χ3v) is 3.63. The van der Waals surface area contributed by atoms with Crippen molar-refractivity contribution in [1.82, 2.24) is 9.80 Å². The van der Waals surface area contributed by atoms with E-state index in [0.717, 1.165) is 0 Å². The number of amides is 1. The van der Waals surface area contributed by atoms with Gasteiger partial charge in [0.1, 0.15) is 5.41 Å². The zero-order valence-corrected chi connectivity index (χ0v) is 10.2. The van der Waals surface area contributed by atoms with E-state index < -0.39 is 30.0 Å². The van der Waals surface area contributed by atoms with E-state index in [0.29, 0.717) is 12.8 Å². The van der Waals surface area contributed by atoms with Crippen LogP contribution in [0.4, 0.5) is 13.2 Å². The third kappa shape index (κ3) is 2.99. The minimum Gasteiger partial charge on any atom is -0.480 e. The van der Waals surface area contributed by atoms with Crippen LogP contribution in [0.2, 0.25) is 0 Å². The molecule has 0 aromatic rings. The van der Waals surface area contributed by atoms with Crippen molar-refractivity contribution in [1.29, 1.82) is 0 Å². The van der Waals surface area contributed by atoms with Crippen LogP contribution in [-0.4, -0.2) is 65.7 Å². The minimum atomic E-state index is -4.25. The summed E-state index contributed by atoms with van der Waals surface area (Å²) >= 11 is 0. The van der Waals surface area contributed by atoms with Gasteiger partial charge in [0.25, 0.3) is 0 Å². The molecule has 0 aromatic heterocycles. The molecule has 0 bridgehead atoms. The molecule has 2 fully saturated rings. The van der Waals surface area contributed by atoms with Gasteiger partial charge in [0.15, 0.2) is 0 Å². The number of carboxylic acid groups (broad SMARTS) is 1. The molecule has 2 rings (SSSR count). The van der Waals surface area contributed by atoms with E-state index in [1.54, 1.807) is 0 Å². The molecule has 108 valence electrons. The number of carbonyl (C=O) groups is 2. The highest BCUT2D eigenvalue weighted by Gasteiger charge is 2.58. The lowest BCUT2D eigenvalue weighted by atomic mass is 10.1. The number of nitrogens with zero attached hydrogens (tertiary/aromatic N) is 2. The summed E-state index contributed by atoms with van der Waals surface area (Å²) in [5.74, 6) is -1.58. The molecule has 1 heterocycles. The molecule has 1 aliphatic heterocycles. The standard InChI is InChI=1S/C11H15F3N2O3/c12-11(13,14)7-15-3-5-16(6-4-15)8(17)10(1-2-10)9(18)19/h1-7H2,(H,18,19). The summed E-state index contributed by atoms with van der Waals surface area (Å²) in [5.41, 5.74) is -1.30. The van der Waals surface area contributed by atoms with Crippen molar-refractivity contribution in [3.63, 3.8) is 0 Å². The van der Waals surface area contributed by atoms with Gasteiger partial charge in [-0.2, -0.15) is 13.2 Å². The lowest BCUT2D eigenvalue weighted by Crippen LogP contribution is -2.53. The SMILES string of the molecule is O=C(O)C1(C(=O)N2CCN(CC(F)(F)F)CC2)CC1. The summed E-state index contributed by atoms with van der Waals surface area (Å²) < 4.78 is 36.6. The van der Waals surface area contributed by atoms with Crippen LogP contribution in [0.25, 0.3) is 0 Å². The van der Waals surface area contributed by atoms with Crippen molar-refractivity contribution < 1.29 is 27.9 Å². The summed E-state index contributed by atoms with van der Waals surface area (Å²) in [6.45, 7) is -0.422. The summed E-state index contributed by atoms with van der Waals surface area (Å²) in [6.07, 6.45) is -3.60. The number of carbonyl (C=O) groups excluding carboxylic acids is 1. The highest BCUT2D eigenvalue weighted by molar-refractivity contribution is 6.04. The van der Waals surface area contributed by atoms with Gasteiger partial charge in [0.05, 0.1) is 6.54 Å². The molecule has 1 amide bonds. The molecule has 0 radical (unpaired) electrons. The largest absolute Gasteiger partial charge is 0.480 e. The number of rotatable bonds is 3. The maximum atomic E-state index is 12.2. The zero-order valence-electron chi connectivity index (χ0n) is 10.2. The van der Waals surface area contributed by atoms with Gasteiger partial charge in [0.2, 0.25) is 5.91 Å². The number of alkyl halides is 3. The molecule has 1 aliphatic carbocycles. The Kier molecular flexibility index (Phi) is 3.46. The molecular weight excluding hydrogens is 265 g/mol. The number of aliphatic carboxylic acids is 1. The molecule has 5 nitrogen and oxygen atoms in total. The second kappa shape index (κ2) is 4.66. The fraction of sp³-hybridized carbons (Fsp3) is 0.818. The maximum absolute atomic E-state index is 12.2. The van der Waals surface area contributed by atoms with E-state index in [2.05, 4.69) is 0 Å². The van der Waals surface area contributed by atoms with Crippen LogP contribution in [-0.2, 0) is 9.59 Å². The van der Waals surface area contributed by atoms with Crippen LogP contribution in [0, 0.1) is 5.41 Å². The summed E-state index contributed by atoms with van der Waals surface area (Å²) in [7, 11) is 0. The fourth-order valence-electron chi connectivity index (χ4n) is 2.31. The Balaban J connectivity index is 1.87. The first-order chi connectivity index (χ1) is 8.74. The van der Waals surface area contributed by atoms with Crippen LogP contribution >= 0.6 is 0 Å². The average molecular weight is 280 g/mol. The zero-order chi connectivity index (χ0) is 14.3. The fourth-order valence-corrected chi connectivity index (χ4v) is 2.31. The van der Waals surface area contributed by atoms with Gasteiger partial charge in [-0.3, -0.25) is 14.5 Å². The Morgan fingerprint density at radius 2 is 1.63 bits per heavy atom. The van der Waals surface area contributed by atoms with Crippen LogP contribution in [0.5, 0.6) is 0 Å². The number of hydrogen-bond acceptors (Lipinski definition) is 3. The predicted molar refractivity (Wildman–Crippen MR) is 58.4 cm³/mol. The molecule has 0 spiro atoms. The number of carboxylic acids is 1. The normalized spacial score (nSPS) is 23.2. The van der Waals surface area contributed by atoms with Crippen LogP contribution < -0.4 is 0 Å². The predicted octanol–water partition coefficient (Wildman–Crippen LogP) is 0.558. The van der Waals surface area contributed by atoms with Crippen molar-refractivity contribution in [3.8, 4) is 0 Å². The van der Waals surface area contributed by atoms with E-state index in [4.69, 9.17) is 5.11 Å². The average Bonchev–Trinajstić information content (AvgIpc) is 3.08. The molecular formula is C11H15F3N2O3. The van der Waals surface area contributed by atoms with E-state index >= 15 is 0 Å². The van der Waals surface area contributed by atoms with Gasteiger partial charge in [0, 0.05) is 26.2 Å². The monoisotopic (exact) mass is 280 g/mol. The smallest absolute Gasteiger partial charge is 0.401 e. The minimum absolute atomic E-state index is 0.126. The second-order valence-electron chi connectivity index (χ2n) is 5.07. The summed E-state index contributed by atoms with van der Waals surface area (Å²) in [6, 6.07) is 0. The molecule has 1 saturated carbocycles. The first-order valence-electron chi connectivity index (χ1n) is 6.06. The van der Waals surface area contributed by atoms with Gasteiger partial charge in [-0.15, -0.1) is 0 Å². The summed E-state index contributed by atoms with van der Waals surface area (Å²) in [5, 5.41) is 9.00. The van der Waals surface area contributed by atoms with Gasteiger partial charge >= 0.3 is 12.1 Å². The topological polar surface area (TPSA) is 60.9 Å². The Bertz CT molecular complexity index is 385. The Morgan fingerprint density at radius 3 is 2.00 bits per heavy atom. The van der Waals surface area contributed by atoms with E-state index in [9.17, 15) is 22.8 Å². The molecule has 1 saturated heterocycles. The highest BCUT2D eigenvalue weighted by atomic mass is 19.4. The second-order valence-corrected chi connectivity index (χ2v) is 5.07. The number of hydrogen-bond donors (Lipinski definition) is 1. The molecule has 1 N–H and O–H groups in total. The van der Waals surface area contributed by atoms with E-state index in [1.165, 1.54) is 9.80 Å². The lowest BCUT2D eigenvalue weighted by Gasteiger charge is -2.36. The molecule has 2 aliphatic rings. The van der Waals surface area contributed by atoms with Crippen molar-refractivity contribution >= 4 is 11.9 Å². The Hall–Kier alpha value is -1.31. The highest BCUT2D eigenvalue weighted by Crippen LogP contribution is 2.47. The quantitative estimate of drug-likeness (QED) is 0.767. The molecule has 0 unspecified atom stereocenters. The molecule has 0 atom stereocenters. The van der Waals surface area contributed by atoms with Crippen molar-refractivity contribution in [3.05, 3.63) is 0 Å². The summed E-state index contributed by atoms with van der Waals surface area (Å²) in [4.78, 5) is 25.6. The van der Waals surface area contributed by atoms with Crippen molar-refractivity contribution in [2.24, 2.45) is 5.41 Å². The Labute approximate surface area is 108 Å². The molecule has 19 heavy (non-hydrogen) atoms. The van der Waals surface area contributed by atoms with Crippen molar-refractivity contribution in [2.45, 2.75) is 19.0 Å². The Morgan fingerprint density at radius 1 is 1.11 bits per heavy atom. The molecule has 0 aromatic carbocycles. The van der Waals surface area contributed by atoms with Crippen LogP contribution in [0.1, 0.15) is 12.8 Å². The number of piperazine rings is 1. The van der Waals surface area contributed by atoms with Crippen molar-refractivity contribution in [2.75, 3.05) is 32.7 Å². The van der Waals surface area contributed by atoms with Gasteiger partial charge < -0.3 is 10.0 Å². The van der Waals surface area contributed by atoms with Gasteiger partial charge in [-0.1, -0.05) is 0 Å². The lowest BCUT2D eigenvalue weighted by molar-refractivity contribution is -0.157. The van der Waals surface area contributed by atoms with E-state index in [-0.39, 0.29) is 26.2 Å². The molecule has 8 heteroatoms. The third-order valence-electron chi connectivity index (χ3n) is 3.63. The van der Waals surface area contributed by atoms with Crippen LogP contribution in [0.15, 0.2) is 0 Å². The first kappa shape index (κ1) is 14.1. The van der Waals surface area contributed by atoms with Gasteiger partial charge in [-0.05, 0) is 12.8 Å². The first-order valence-corrected chi connectivity index (χ1v) is 6.06. The van der Waals surface area contributed by atoms with Crippen LogP contribution in [0.3, 0.4) is 0 Å². The van der Waals surface area contributed by atoms with E-state index in [1.807, 2.05) is 0 Å². The maximum Gasteiger partial charge on any atom is 0.401 e.